The maximum atomic E-state index is 12.9. The summed E-state index contributed by atoms with van der Waals surface area (Å²) < 4.78 is 34.8. The fourth-order valence-corrected chi connectivity index (χ4v) is 10.9. The minimum absolute atomic E-state index is 0.0294. The molecule has 2 unspecified atom stereocenters. The van der Waals surface area contributed by atoms with Crippen LogP contribution < -0.4 is 0 Å². The van der Waals surface area contributed by atoms with Crippen LogP contribution >= 0.6 is 7.82 Å². The SMILES string of the molecule is CC/C=C\C/C=C\C/C=C\C/C=C\C/C=C\CCCCCCCCCCCCCCCC(=O)OC(COC(=O)CCCCCCCCCCCCCCCCCCCC/C=C\C/C=C\C/C=C\CCCCCCC)COP(=O)(O)OCC[N+](C)(C)C. The number of hydrogen-bond donors (Lipinski definition) is 1. The minimum Gasteiger partial charge on any atom is -0.462 e. The van der Waals surface area contributed by atoms with E-state index in [9.17, 15) is 19.0 Å². The Bertz CT molecular complexity index is 1770. The first-order valence-electron chi connectivity index (χ1n) is 36.0. The van der Waals surface area contributed by atoms with Crippen LogP contribution in [-0.2, 0) is 32.7 Å². The lowest BCUT2D eigenvalue weighted by atomic mass is 10.0. The molecule has 0 radical (unpaired) electrons. The topological polar surface area (TPSA) is 108 Å². The number of nitrogens with zero attached hydrogens (tertiary/aromatic N) is 1. The summed E-state index contributed by atoms with van der Waals surface area (Å²) in [6, 6.07) is 0. The Balaban J connectivity index is 4.02. The van der Waals surface area contributed by atoms with E-state index in [4.69, 9.17) is 18.5 Å². The van der Waals surface area contributed by atoms with Crippen molar-refractivity contribution in [1.82, 2.24) is 0 Å². The van der Waals surface area contributed by atoms with Crippen molar-refractivity contribution < 1.29 is 42.1 Å². The van der Waals surface area contributed by atoms with Gasteiger partial charge in [0.1, 0.15) is 19.8 Å². The number of hydrogen-bond acceptors (Lipinski definition) is 7. The highest BCUT2D eigenvalue weighted by Gasteiger charge is 2.27. The molecule has 0 aliphatic heterocycles. The Morgan fingerprint density at radius 2 is 0.663 bits per heavy atom. The van der Waals surface area contributed by atoms with Gasteiger partial charge >= 0.3 is 19.8 Å². The number of quaternary nitrogens is 1. The molecule has 0 aromatic rings. The number of allylic oxidation sites excluding steroid dienone is 16. The standard InChI is InChI=1S/C76H136NO8P/c1-6-8-10-12-14-16-18-20-22-24-26-28-30-32-34-36-37-38-39-41-42-44-46-48-50-52-54-56-58-60-62-64-66-68-75(78)82-72-74(73-84-86(80,81)83-71-70-77(3,4)5)85-76(79)69-67-65-63-61-59-57-55-53-51-49-47-45-43-40-35-33-31-29-27-25-23-21-19-17-15-13-11-9-7-2/h9,11,15,17-18,20-21,23-24,26-27,29-30,32-33,35,74H,6-8,10,12-14,16,19,22,25,28,31,34,36-73H2,1-5H3/p+1/b11-9-,17-15-,20-18-,23-21-,26-24-,29-27-,32-30-,35-33-. The van der Waals surface area contributed by atoms with Crippen LogP contribution in [0.15, 0.2) is 97.2 Å². The van der Waals surface area contributed by atoms with Gasteiger partial charge in [-0.3, -0.25) is 18.6 Å². The van der Waals surface area contributed by atoms with Crippen molar-refractivity contribution in [3.05, 3.63) is 97.2 Å². The molecule has 10 heteroatoms. The summed E-state index contributed by atoms with van der Waals surface area (Å²) >= 11 is 0. The molecule has 0 saturated carbocycles. The smallest absolute Gasteiger partial charge is 0.462 e. The lowest BCUT2D eigenvalue weighted by molar-refractivity contribution is -0.870. The molecule has 1 N–H and O–H groups in total. The van der Waals surface area contributed by atoms with Crippen LogP contribution in [-0.4, -0.2) is 74.9 Å². The van der Waals surface area contributed by atoms with E-state index >= 15 is 0 Å². The molecule has 0 amide bonds. The molecule has 0 aromatic carbocycles. The molecule has 0 aliphatic carbocycles. The maximum absolute atomic E-state index is 12.9. The number of likely N-dealkylation sites (N-methyl/N-ethyl adjacent to an activating group) is 1. The Hall–Kier alpha value is -3.07. The molecule has 86 heavy (non-hydrogen) atoms. The van der Waals surface area contributed by atoms with E-state index in [2.05, 4.69) is 111 Å². The van der Waals surface area contributed by atoms with E-state index in [1.165, 1.54) is 205 Å². The third-order valence-electron chi connectivity index (χ3n) is 15.6. The quantitative estimate of drug-likeness (QED) is 0.0211. The minimum atomic E-state index is -4.40. The van der Waals surface area contributed by atoms with Crippen LogP contribution in [0.25, 0.3) is 0 Å². The van der Waals surface area contributed by atoms with Crippen LogP contribution in [0.3, 0.4) is 0 Å². The van der Waals surface area contributed by atoms with Crippen LogP contribution in [0, 0.1) is 0 Å². The van der Waals surface area contributed by atoms with Crippen LogP contribution in [0.4, 0.5) is 0 Å². The highest BCUT2D eigenvalue weighted by molar-refractivity contribution is 7.47. The van der Waals surface area contributed by atoms with E-state index in [0.29, 0.717) is 17.4 Å². The fourth-order valence-electron chi connectivity index (χ4n) is 10.1. The molecule has 0 saturated heterocycles. The van der Waals surface area contributed by atoms with Gasteiger partial charge < -0.3 is 18.9 Å². The molecule has 0 spiro atoms. The van der Waals surface area contributed by atoms with E-state index in [-0.39, 0.29) is 32.0 Å². The number of unbranched alkanes of at least 4 members (excludes halogenated alkanes) is 36. The number of phosphoric acid groups is 1. The van der Waals surface area contributed by atoms with Crippen molar-refractivity contribution in [3.63, 3.8) is 0 Å². The zero-order valence-corrected chi connectivity index (χ0v) is 57.7. The van der Waals surface area contributed by atoms with Gasteiger partial charge in [-0.05, 0) is 96.3 Å². The monoisotopic (exact) mass is 1220 g/mol. The van der Waals surface area contributed by atoms with Crippen molar-refractivity contribution in [2.75, 3.05) is 47.5 Å². The Morgan fingerprint density at radius 1 is 0.372 bits per heavy atom. The lowest BCUT2D eigenvalue weighted by Crippen LogP contribution is -2.37. The first kappa shape index (κ1) is 82.9. The predicted octanol–water partition coefficient (Wildman–Crippen LogP) is 23.5. The van der Waals surface area contributed by atoms with Crippen LogP contribution in [0.1, 0.15) is 322 Å². The normalized spacial score (nSPS) is 13.7. The first-order chi connectivity index (χ1) is 42.0. The van der Waals surface area contributed by atoms with Gasteiger partial charge in [0, 0.05) is 12.8 Å². The number of ether oxygens (including phenoxy) is 2. The lowest BCUT2D eigenvalue weighted by Gasteiger charge is -2.24. The molecular formula is C76H137NO8P+. The van der Waals surface area contributed by atoms with Crippen LogP contribution in [0.5, 0.6) is 0 Å². The fraction of sp³-hybridized carbons (Fsp3) is 0.763. The zero-order valence-electron chi connectivity index (χ0n) is 56.8. The first-order valence-corrected chi connectivity index (χ1v) is 37.5. The number of phosphoric ester groups is 1. The number of carbonyl (C=O) groups is 2. The van der Waals surface area contributed by atoms with E-state index in [1.54, 1.807) is 0 Å². The molecule has 498 valence electrons. The van der Waals surface area contributed by atoms with Crippen molar-refractivity contribution in [3.8, 4) is 0 Å². The summed E-state index contributed by atoms with van der Waals surface area (Å²) in [7, 11) is 1.48. The van der Waals surface area contributed by atoms with Crippen molar-refractivity contribution in [2.45, 2.75) is 328 Å². The molecule has 9 nitrogen and oxygen atoms in total. The summed E-state index contributed by atoms with van der Waals surface area (Å²) in [5, 5.41) is 0. The highest BCUT2D eigenvalue weighted by Crippen LogP contribution is 2.43. The summed E-state index contributed by atoms with van der Waals surface area (Å²) in [6.07, 6.45) is 92.3. The second-order valence-electron chi connectivity index (χ2n) is 25.2. The summed E-state index contributed by atoms with van der Waals surface area (Å²) in [4.78, 5) is 35.9. The molecule has 0 fully saturated rings. The van der Waals surface area contributed by atoms with Gasteiger partial charge in [0.25, 0.3) is 0 Å². The van der Waals surface area contributed by atoms with Crippen LogP contribution in [0.2, 0.25) is 0 Å². The second kappa shape index (κ2) is 66.4. The average Bonchev–Trinajstić information content (AvgIpc) is 3.67. The summed E-state index contributed by atoms with van der Waals surface area (Å²) in [6.45, 7) is 4.34. The molecule has 0 aromatic heterocycles. The van der Waals surface area contributed by atoms with Gasteiger partial charge in [0.05, 0.1) is 27.7 Å². The Kier molecular flexibility index (Phi) is 64.0. The van der Waals surface area contributed by atoms with Gasteiger partial charge in [0.15, 0.2) is 6.10 Å². The number of carbonyl (C=O) groups excluding carboxylic acids is 2. The van der Waals surface area contributed by atoms with Crippen molar-refractivity contribution >= 4 is 19.8 Å². The zero-order chi connectivity index (χ0) is 62.6. The summed E-state index contributed by atoms with van der Waals surface area (Å²) in [5.74, 6) is -0.790. The molecule has 0 bridgehead atoms. The van der Waals surface area contributed by atoms with Crippen molar-refractivity contribution in [1.29, 1.82) is 0 Å². The number of esters is 2. The van der Waals surface area contributed by atoms with Gasteiger partial charge in [0.2, 0.25) is 0 Å². The largest absolute Gasteiger partial charge is 0.472 e. The van der Waals surface area contributed by atoms with Gasteiger partial charge in [-0.1, -0.05) is 310 Å². The van der Waals surface area contributed by atoms with Gasteiger partial charge in [-0.25, -0.2) is 4.57 Å². The average molecular weight is 1220 g/mol. The van der Waals surface area contributed by atoms with E-state index in [0.717, 1.165) is 83.5 Å². The molecular weight excluding hydrogens is 1090 g/mol. The van der Waals surface area contributed by atoms with Gasteiger partial charge in [-0.2, -0.15) is 0 Å². The molecule has 0 heterocycles. The third-order valence-corrected chi connectivity index (χ3v) is 16.6. The van der Waals surface area contributed by atoms with E-state index < -0.39 is 26.5 Å². The van der Waals surface area contributed by atoms with E-state index in [1.807, 2.05) is 21.1 Å². The molecule has 0 rings (SSSR count). The third kappa shape index (κ3) is 70.0. The van der Waals surface area contributed by atoms with Crippen molar-refractivity contribution in [2.24, 2.45) is 0 Å². The Labute approximate surface area is 532 Å². The van der Waals surface area contributed by atoms with Gasteiger partial charge in [-0.15, -0.1) is 0 Å². The molecule has 2 atom stereocenters. The Morgan fingerprint density at radius 3 is 0.988 bits per heavy atom. The predicted molar refractivity (Wildman–Crippen MR) is 372 cm³/mol. The maximum Gasteiger partial charge on any atom is 0.472 e. The number of rotatable bonds is 66. The second-order valence-corrected chi connectivity index (χ2v) is 26.7. The highest BCUT2D eigenvalue weighted by atomic mass is 31.2. The summed E-state index contributed by atoms with van der Waals surface area (Å²) in [5.41, 5.74) is 0. The molecule has 0 aliphatic rings.